The fourth-order valence-electron chi connectivity index (χ4n) is 15.1. The van der Waals surface area contributed by atoms with Crippen LogP contribution in [0.1, 0.15) is 138 Å². The zero-order valence-electron chi connectivity index (χ0n) is 47.7. The quantitative estimate of drug-likeness (QED) is 0.129. The number of esters is 2. The van der Waals surface area contributed by atoms with Crippen LogP contribution in [-0.4, -0.2) is 108 Å². The van der Waals surface area contributed by atoms with Crippen LogP contribution in [0.2, 0.25) is 0 Å². The number of hydrogen-bond acceptors (Lipinski definition) is 16. The number of aliphatic hydroxyl groups is 5. The van der Waals surface area contributed by atoms with Crippen LogP contribution in [0.4, 0.5) is 0 Å². The zero-order valence-corrected chi connectivity index (χ0v) is 62.4. The molecule has 6 fully saturated rings. The smallest absolute Gasteiger partial charge is 0.333 e. The van der Waals surface area contributed by atoms with Gasteiger partial charge in [0.1, 0.15) is 30.4 Å². The van der Waals surface area contributed by atoms with Crippen LogP contribution in [0, 0.1) is 74.9 Å². The minimum atomic E-state index is -4.18. The molecule has 0 radical (unpaired) electrons. The molecule has 0 heterocycles. The van der Waals surface area contributed by atoms with Crippen LogP contribution in [0.5, 0.6) is 0 Å². The second-order valence-corrected chi connectivity index (χ2v) is 51.3. The lowest BCUT2D eigenvalue weighted by Crippen LogP contribution is -2.64. The number of carbonyl (C=O) groups excluding carboxylic acids is 4. The van der Waals surface area contributed by atoms with Crippen molar-refractivity contribution in [3.8, 4) is 0 Å². The van der Waals surface area contributed by atoms with Gasteiger partial charge in [-0.15, -0.1) is 0 Å². The first kappa shape index (κ1) is 74.7. The molecule has 0 amide bonds. The van der Waals surface area contributed by atoms with Crippen LogP contribution < -0.4 is 0 Å². The molecular formula is C51H78O14S18. The van der Waals surface area contributed by atoms with Gasteiger partial charge >= 0.3 is 11.9 Å². The molecule has 83 heavy (non-hydrogen) atoms. The first-order valence-electron chi connectivity index (χ1n) is 27.2. The lowest BCUT2D eigenvalue weighted by molar-refractivity contribution is -0.219. The Kier molecular flexibility index (Phi) is 30.1. The topological polar surface area (TPSA) is 231 Å². The van der Waals surface area contributed by atoms with Crippen molar-refractivity contribution >= 4 is 189 Å². The minimum Gasteiger partial charge on any atom is -0.460 e. The second-order valence-electron chi connectivity index (χ2n) is 23.2. The zero-order chi connectivity index (χ0) is 61.6. The van der Waals surface area contributed by atoms with Crippen molar-refractivity contribution in [3.05, 3.63) is 29.8 Å². The summed E-state index contributed by atoms with van der Waals surface area (Å²) in [6, 6.07) is 6.12. The molecule has 16 atom stereocenters. The molecule has 474 valence electrons. The maximum absolute atomic E-state index is 13.5. The van der Waals surface area contributed by atoms with Crippen LogP contribution in [-0.2, 0) is 199 Å². The number of Topliss-reactive ketones (excluding diaryl/α,β-unsaturated/α-hetero) is 2. The van der Waals surface area contributed by atoms with Crippen molar-refractivity contribution in [1.29, 1.82) is 0 Å². The third-order valence-electron chi connectivity index (χ3n) is 20.3. The number of benzene rings is 1. The van der Waals surface area contributed by atoms with Crippen molar-refractivity contribution in [3.63, 3.8) is 0 Å². The predicted molar refractivity (Wildman–Crippen MR) is 369 cm³/mol. The number of ketones is 2. The van der Waals surface area contributed by atoms with Gasteiger partial charge in [-0.2, -0.15) is 8.42 Å². The molecule has 32 heteroatoms. The van der Waals surface area contributed by atoms with Crippen LogP contribution in [0.3, 0.4) is 0 Å². The number of rotatable bonds is 11. The van der Waals surface area contributed by atoms with Gasteiger partial charge in [0.15, 0.2) is 6.61 Å². The molecule has 0 aromatic heterocycles. The SMILES string of the molecule is CC[C@]1(CO)C[C@@H](OC(=O)CO)[C@@]2(C)C3C(=O)CC[C@@]3(CC[C@H]2C)[C@@H](C)[C@@H]1O.CC[C@]1(CO)C[C@@H](OC(=O)COS(=O)(=O)c2ccc(C)cc2)[C@@]2(C)C3C(=O)CC[C@@]3(CC[C@H]2C)[C@@H](C)[C@@H]1O.S=S=S=S=S=S=S=S=S=S=S=S=S=S=S=S=S. The fraction of sp³-hybridized carbons (Fsp3) is 0.804. The fourth-order valence-corrected chi connectivity index (χ4v) is 51.7. The van der Waals surface area contributed by atoms with Crippen LogP contribution in [0.25, 0.3) is 0 Å². The maximum atomic E-state index is 13.5. The second kappa shape index (κ2) is 33.5. The average Bonchev–Trinajstić information content (AvgIpc) is 2.43. The monoisotopic (exact) mass is 1490 g/mol. The Bertz CT molecular complexity index is 3290. The standard InChI is InChI=1S/C29H42O8S.C22H36O6.S17/c1-6-28(17-30)15-23(37-24(32)16-36-38(34,35)21-9-7-18(2)8-10-21)27(5)19(3)11-13-29(20(4)26(28)33)14-12-22(31)25(27)29;1-5-21(12-24)10-16(28-17(26)11-23)20(4)13(2)6-8-22(14(3)19(21)27)9-7-15(25)18(20)22;1-3-5-7-9-11-13-15-17-16-14-12-10-8-6-4-2/h7-10,19-20,23,25-26,30,33H,6,11-17H2,1-5H3;13-14,16,18-19,23-24,27H,5-12H2,1-4H3;/t19-,20+,23-,25?,26+,27+,28-,29+;13-,14+,16-,18?,19+,20+,21-,22+;/m11./s1. The van der Waals surface area contributed by atoms with Gasteiger partial charge in [-0.3, -0.25) is 13.8 Å². The van der Waals surface area contributed by atoms with Crippen molar-refractivity contribution in [1.82, 2.24) is 0 Å². The molecule has 4 bridgehead atoms. The van der Waals surface area contributed by atoms with E-state index in [1.165, 1.54) is 29.9 Å². The highest BCUT2D eigenvalue weighted by Crippen LogP contribution is 2.70. The van der Waals surface area contributed by atoms with E-state index in [0.29, 0.717) is 32.1 Å². The summed E-state index contributed by atoms with van der Waals surface area (Å²) < 4.78 is 42.2. The summed E-state index contributed by atoms with van der Waals surface area (Å²) in [6.07, 6.45) is 4.04. The van der Waals surface area contributed by atoms with Crippen molar-refractivity contribution in [2.45, 2.75) is 169 Å². The molecule has 2 unspecified atom stereocenters. The van der Waals surface area contributed by atoms with E-state index in [0.717, 1.165) is 37.7 Å². The van der Waals surface area contributed by atoms with E-state index >= 15 is 0 Å². The Morgan fingerprint density at radius 2 is 0.964 bits per heavy atom. The lowest BCUT2D eigenvalue weighted by atomic mass is 9.43. The van der Waals surface area contributed by atoms with Crippen molar-refractivity contribution in [2.75, 3.05) is 26.4 Å². The van der Waals surface area contributed by atoms with E-state index in [1.54, 1.807) is 128 Å². The number of carbonyl (C=O) groups is 4. The Labute approximate surface area is 542 Å². The highest BCUT2D eigenvalue weighted by Gasteiger charge is 2.70. The predicted octanol–water partition coefficient (Wildman–Crippen LogP) is 5.84. The number of aliphatic hydroxyl groups excluding tert-OH is 5. The van der Waals surface area contributed by atoms with Gasteiger partial charge in [-0.25, -0.2) is 9.59 Å². The normalized spacial score (nSPS) is 35.8. The van der Waals surface area contributed by atoms with E-state index in [2.05, 4.69) is 20.8 Å². The summed E-state index contributed by atoms with van der Waals surface area (Å²) in [5, 5.41) is 53.3. The molecule has 1 aromatic carbocycles. The molecular weight excluding hydrogens is 1410 g/mol. The molecule has 14 nitrogen and oxygen atoms in total. The first-order chi connectivity index (χ1) is 39.3. The highest BCUT2D eigenvalue weighted by molar-refractivity contribution is 8.77. The lowest BCUT2D eigenvalue weighted by Gasteiger charge is -2.62. The van der Waals surface area contributed by atoms with Crippen LogP contribution in [0.15, 0.2) is 29.2 Å². The molecule has 6 aliphatic carbocycles. The Balaban J connectivity index is 0.000000246. The van der Waals surface area contributed by atoms with Gasteiger partial charge in [0.25, 0.3) is 10.1 Å². The van der Waals surface area contributed by atoms with Gasteiger partial charge < -0.3 is 35.0 Å². The van der Waals surface area contributed by atoms with Gasteiger partial charge in [0.05, 0.1) is 30.3 Å². The molecule has 0 saturated heterocycles. The molecule has 0 aliphatic heterocycles. The van der Waals surface area contributed by atoms with E-state index in [-0.39, 0.29) is 77.5 Å². The van der Waals surface area contributed by atoms with Gasteiger partial charge in [-0.1, -0.05) is 73.1 Å². The number of aryl methyl sites for hydroxylation is 1. The summed E-state index contributed by atoms with van der Waals surface area (Å²) in [5.74, 6) is -2.07. The molecule has 5 N–H and O–H groups in total. The summed E-state index contributed by atoms with van der Waals surface area (Å²) in [7, 11) is 21.2. The molecule has 7 rings (SSSR count). The van der Waals surface area contributed by atoms with E-state index in [4.69, 9.17) is 36.0 Å². The number of ether oxygens (including phenoxy) is 2. The summed E-state index contributed by atoms with van der Waals surface area (Å²) in [4.78, 5) is 51.8. The first-order valence-corrected chi connectivity index (χ1v) is 49.9. The molecule has 6 aliphatic rings. The summed E-state index contributed by atoms with van der Waals surface area (Å²) >= 11 is 9.48. The Hall–Kier alpha value is 0.950. The Morgan fingerprint density at radius 3 is 1.30 bits per heavy atom. The molecule has 1 aromatic rings. The van der Waals surface area contributed by atoms with Crippen molar-refractivity contribution in [2.24, 2.45) is 68.0 Å². The van der Waals surface area contributed by atoms with Crippen LogP contribution >= 0.6 is 0 Å². The third kappa shape index (κ3) is 16.6. The van der Waals surface area contributed by atoms with Crippen molar-refractivity contribution < 1.29 is 66.8 Å². The molecule has 6 saturated carbocycles. The van der Waals surface area contributed by atoms with Gasteiger partial charge in [0.2, 0.25) is 0 Å². The Morgan fingerprint density at radius 1 is 0.602 bits per heavy atom. The summed E-state index contributed by atoms with van der Waals surface area (Å²) in [5.41, 5.74) is -2.94. The van der Waals surface area contributed by atoms with E-state index in [9.17, 15) is 53.1 Å². The maximum Gasteiger partial charge on any atom is 0.333 e. The third-order valence-corrected chi connectivity index (χ3v) is 52.6. The van der Waals surface area contributed by atoms with E-state index < -0.39 is 92.7 Å². The average molecular weight is 1490 g/mol. The van der Waals surface area contributed by atoms with Gasteiger partial charge in [-0.05, 0) is 118 Å². The largest absolute Gasteiger partial charge is 0.460 e. The molecule has 0 spiro atoms. The highest BCUT2D eigenvalue weighted by atomic mass is 33.5. The van der Waals surface area contributed by atoms with E-state index in [1.807, 2.05) is 41.5 Å². The minimum absolute atomic E-state index is 0.0355. The van der Waals surface area contributed by atoms with Gasteiger partial charge in [0, 0.05) is 202 Å². The number of hydrogen-bond donors (Lipinski definition) is 5. The summed E-state index contributed by atoms with van der Waals surface area (Å²) in [6.45, 7) is 15.9.